The number of aryl methyl sites for hydroxylation is 1. The minimum atomic E-state index is -0.689. The maximum absolute atomic E-state index is 12.8. The van der Waals surface area contributed by atoms with Crippen LogP contribution in [-0.2, 0) is 4.79 Å². The molecular formula is C18H12Br2N4O5. The molecule has 148 valence electrons. The summed E-state index contributed by atoms with van der Waals surface area (Å²) >= 11 is 6.48. The molecule has 0 fully saturated rings. The highest BCUT2D eigenvalue weighted by molar-refractivity contribution is 9.10. The summed E-state index contributed by atoms with van der Waals surface area (Å²) in [5.74, 6) is -0.540. The van der Waals surface area contributed by atoms with Gasteiger partial charge in [-0.2, -0.15) is 9.78 Å². The number of nitro groups is 1. The van der Waals surface area contributed by atoms with Gasteiger partial charge in [-0.05, 0) is 47.1 Å². The zero-order valence-corrected chi connectivity index (χ0v) is 18.2. The summed E-state index contributed by atoms with van der Waals surface area (Å²) in [5.41, 5.74) is 0.0576. The van der Waals surface area contributed by atoms with Crippen molar-refractivity contribution in [2.75, 3.05) is 0 Å². The van der Waals surface area contributed by atoms with Crippen molar-refractivity contribution in [3.63, 3.8) is 0 Å². The summed E-state index contributed by atoms with van der Waals surface area (Å²) in [6.07, 6.45) is 1.29. The molecule has 0 saturated carbocycles. The lowest BCUT2D eigenvalue weighted by Gasteiger charge is -2.07. The molecule has 0 aliphatic heterocycles. The molecule has 11 heteroatoms. The summed E-state index contributed by atoms with van der Waals surface area (Å²) in [6, 6.07) is 7.82. The van der Waals surface area contributed by atoms with Crippen LogP contribution < -0.4 is 10.3 Å². The number of ether oxygens (including phenoxy) is 1. The maximum Gasteiger partial charge on any atom is 0.313 e. The molecule has 29 heavy (non-hydrogen) atoms. The van der Waals surface area contributed by atoms with Gasteiger partial charge >= 0.3 is 11.7 Å². The third kappa shape index (κ3) is 4.40. The van der Waals surface area contributed by atoms with E-state index in [1.165, 1.54) is 18.3 Å². The van der Waals surface area contributed by atoms with Crippen LogP contribution in [0, 0.1) is 17.0 Å². The van der Waals surface area contributed by atoms with E-state index in [-0.39, 0.29) is 15.8 Å². The van der Waals surface area contributed by atoms with Gasteiger partial charge < -0.3 is 4.74 Å². The van der Waals surface area contributed by atoms with Gasteiger partial charge in [-0.25, -0.2) is 4.98 Å². The zero-order valence-electron chi connectivity index (χ0n) is 15.1. The number of nitro benzene ring substituents is 1. The Morgan fingerprint density at radius 3 is 2.69 bits per heavy atom. The van der Waals surface area contributed by atoms with E-state index >= 15 is 0 Å². The first-order valence-electron chi connectivity index (χ1n) is 8.07. The van der Waals surface area contributed by atoms with Crippen molar-refractivity contribution >= 4 is 60.6 Å². The number of carbonyl (C=O) groups excluding carboxylic acids is 1. The van der Waals surface area contributed by atoms with Crippen molar-refractivity contribution < 1.29 is 14.5 Å². The molecule has 0 unspecified atom stereocenters. The Morgan fingerprint density at radius 2 is 2.03 bits per heavy atom. The van der Waals surface area contributed by atoms with Crippen LogP contribution in [-0.4, -0.2) is 26.8 Å². The third-order valence-electron chi connectivity index (χ3n) is 3.78. The molecule has 0 bridgehead atoms. The summed E-state index contributed by atoms with van der Waals surface area (Å²) in [7, 11) is 0. The number of benzene rings is 2. The molecule has 0 atom stereocenters. The quantitative estimate of drug-likeness (QED) is 0.168. The third-order valence-corrected chi connectivity index (χ3v) is 4.86. The van der Waals surface area contributed by atoms with Gasteiger partial charge in [0.2, 0.25) is 5.75 Å². The SMILES string of the molecule is CC(=O)Oc1c(Br)cc(C=Nn2c(C)nc3ccc(Br)cc3c2=O)cc1[N+](=O)[O-]. The average Bonchev–Trinajstić information content (AvgIpc) is 2.63. The number of hydrogen-bond acceptors (Lipinski definition) is 7. The molecule has 0 spiro atoms. The largest absolute Gasteiger partial charge is 0.418 e. The standard InChI is InChI=1S/C18H12Br2N4O5/c1-9-22-15-4-3-12(19)7-13(15)18(26)23(9)21-8-11-5-14(20)17(29-10(2)25)16(6-11)24(27)28/h3-8H,1-2H3. The Bertz CT molecular complexity index is 1250. The highest BCUT2D eigenvalue weighted by Crippen LogP contribution is 2.36. The Morgan fingerprint density at radius 1 is 1.31 bits per heavy atom. The van der Waals surface area contributed by atoms with Crippen LogP contribution in [0.1, 0.15) is 18.3 Å². The summed E-state index contributed by atoms with van der Waals surface area (Å²) in [5, 5.41) is 15.9. The normalized spacial score (nSPS) is 11.2. The van der Waals surface area contributed by atoms with Crippen LogP contribution in [0.2, 0.25) is 0 Å². The van der Waals surface area contributed by atoms with Crippen LogP contribution in [0.25, 0.3) is 10.9 Å². The molecule has 9 nitrogen and oxygen atoms in total. The summed E-state index contributed by atoms with van der Waals surface area (Å²) < 4.78 is 6.94. The molecular weight excluding hydrogens is 512 g/mol. The van der Waals surface area contributed by atoms with Crippen LogP contribution >= 0.6 is 31.9 Å². The minimum Gasteiger partial charge on any atom is -0.418 e. The molecule has 0 aliphatic rings. The van der Waals surface area contributed by atoms with Crippen molar-refractivity contribution in [3.05, 3.63) is 71.1 Å². The molecule has 0 saturated heterocycles. The number of hydrogen-bond donors (Lipinski definition) is 0. The lowest BCUT2D eigenvalue weighted by Crippen LogP contribution is -2.20. The second-order valence-corrected chi connectivity index (χ2v) is 7.65. The van der Waals surface area contributed by atoms with E-state index in [4.69, 9.17) is 4.74 Å². The van der Waals surface area contributed by atoms with E-state index in [2.05, 4.69) is 41.9 Å². The molecule has 0 radical (unpaired) electrons. The number of fused-ring (bicyclic) bond motifs is 1. The second-order valence-electron chi connectivity index (χ2n) is 5.88. The Hall–Kier alpha value is -2.92. The molecule has 0 N–H and O–H groups in total. The average molecular weight is 524 g/mol. The number of aromatic nitrogens is 2. The van der Waals surface area contributed by atoms with Gasteiger partial charge in [-0.3, -0.25) is 19.7 Å². The molecule has 2 aromatic carbocycles. The van der Waals surface area contributed by atoms with E-state index < -0.39 is 16.6 Å². The van der Waals surface area contributed by atoms with Crippen molar-refractivity contribution in [2.24, 2.45) is 5.10 Å². The van der Waals surface area contributed by atoms with Gasteiger partial charge in [0.25, 0.3) is 5.56 Å². The molecule has 0 amide bonds. The van der Waals surface area contributed by atoms with E-state index in [0.717, 1.165) is 16.1 Å². The fourth-order valence-corrected chi connectivity index (χ4v) is 3.48. The number of halogens is 2. The predicted octanol–water partition coefficient (Wildman–Crippen LogP) is 3.95. The molecule has 3 rings (SSSR count). The highest BCUT2D eigenvalue weighted by Gasteiger charge is 2.21. The number of esters is 1. The first kappa shape index (κ1) is 20.8. The maximum atomic E-state index is 12.8. The Balaban J connectivity index is 2.10. The zero-order chi connectivity index (χ0) is 21.3. The topological polar surface area (TPSA) is 117 Å². The molecule has 3 aromatic rings. The summed E-state index contributed by atoms with van der Waals surface area (Å²) in [4.78, 5) is 39.0. The van der Waals surface area contributed by atoms with Gasteiger partial charge in [0.15, 0.2) is 0 Å². The van der Waals surface area contributed by atoms with Crippen molar-refractivity contribution in [1.29, 1.82) is 0 Å². The number of nitrogens with zero attached hydrogens (tertiary/aromatic N) is 4. The second kappa shape index (κ2) is 8.21. The van der Waals surface area contributed by atoms with Crippen LogP contribution in [0.15, 0.2) is 49.2 Å². The smallest absolute Gasteiger partial charge is 0.313 e. The van der Waals surface area contributed by atoms with Crippen molar-refractivity contribution in [2.45, 2.75) is 13.8 Å². The molecule has 1 aromatic heterocycles. The lowest BCUT2D eigenvalue weighted by molar-refractivity contribution is -0.385. The predicted molar refractivity (Wildman–Crippen MR) is 114 cm³/mol. The van der Waals surface area contributed by atoms with Gasteiger partial charge in [-0.15, -0.1) is 0 Å². The van der Waals surface area contributed by atoms with Crippen LogP contribution in [0.4, 0.5) is 5.69 Å². The lowest BCUT2D eigenvalue weighted by atomic mass is 10.2. The van der Waals surface area contributed by atoms with Gasteiger partial charge in [0.1, 0.15) is 5.82 Å². The van der Waals surface area contributed by atoms with Gasteiger partial charge in [0, 0.05) is 23.0 Å². The number of rotatable bonds is 4. The first-order chi connectivity index (χ1) is 13.7. The molecule has 0 aliphatic carbocycles. The highest BCUT2D eigenvalue weighted by atomic mass is 79.9. The van der Waals surface area contributed by atoms with Crippen molar-refractivity contribution in [3.8, 4) is 5.75 Å². The Labute approximate surface area is 180 Å². The summed E-state index contributed by atoms with van der Waals surface area (Å²) in [6.45, 7) is 2.77. The minimum absolute atomic E-state index is 0.202. The van der Waals surface area contributed by atoms with E-state index in [1.807, 2.05) is 0 Å². The fraction of sp³-hybridized carbons (Fsp3) is 0.111. The number of carbonyl (C=O) groups is 1. The van der Waals surface area contributed by atoms with Crippen LogP contribution in [0.3, 0.4) is 0 Å². The monoisotopic (exact) mass is 522 g/mol. The van der Waals surface area contributed by atoms with Gasteiger partial charge in [-0.1, -0.05) is 15.9 Å². The van der Waals surface area contributed by atoms with Crippen molar-refractivity contribution in [1.82, 2.24) is 9.66 Å². The van der Waals surface area contributed by atoms with E-state index in [9.17, 15) is 19.7 Å². The van der Waals surface area contributed by atoms with E-state index in [0.29, 0.717) is 22.3 Å². The molecule has 1 heterocycles. The Kier molecular flexibility index (Phi) is 5.89. The van der Waals surface area contributed by atoms with Crippen LogP contribution in [0.5, 0.6) is 5.75 Å². The van der Waals surface area contributed by atoms with Gasteiger partial charge in [0.05, 0.1) is 26.5 Å². The first-order valence-corrected chi connectivity index (χ1v) is 9.65. The van der Waals surface area contributed by atoms with E-state index in [1.54, 1.807) is 25.1 Å². The fourth-order valence-electron chi connectivity index (χ4n) is 2.57.